The van der Waals surface area contributed by atoms with Gasteiger partial charge in [-0.05, 0) is 95.3 Å². The monoisotopic (exact) mass is 506 g/mol. The predicted octanol–water partition coefficient (Wildman–Crippen LogP) is 10.8. The highest BCUT2D eigenvalue weighted by molar-refractivity contribution is 5.86. The van der Waals surface area contributed by atoms with Crippen LogP contribution in [0.2, 0.25) is 0 Å². The van der Waals surface area contributed by atoms with Gasteiger partial charge in [-0.2, -0.15) is 0 Å². The van der Waals surface area contributed by atoms with E-state index in [9.17, 15) is 2.74 Å². The summed E-state index contributed by atoms with van der Waals surface area (Å²) in [5, 5.41) is 0. The van der Waals surface area contributed by atoms with Crippen LogP contribution < -0.4 is 4.90 Å². The molecule has 1 nitrogen and oxygen atoms in total. The summed E-state index contributed by atoms with van der Waals surface area (Å²) >= 11 is 0. The first-order chi connectivity index (χ1) is 19.8. The topological polar surface area (TPSA) is 3.24 Å². The minimum atomic E-state index is -2.57. The molecule has 0 saturated heterocycles. The van der Waals surface area contributed by atoms with Crippen LogP contribution in [0.5, 0.6) is 0 Å². The molecular formula is C37H43N. The second-order valence-electron chi connectivity index (χ2n) is 12.3. The summed E-state index contributed by atoms with van der Waals surface area (Å²) in [4.78, 5) is 2.16. The molecule has 1 atom stereocenters. The van der Waals surface area contributed by atoms with E-state index in [-0.39, 0.29) is 5.41 Å². The smallest absolute Gasteiger partial charge is 0.0457 e. The lowest BCUT2D eigenvalue weighted by Crippen LogP contribution is -2.39. The molecule has 1 aliphatic rings. The molecule has 0 fully saturated rings. The van der Waals surface area contributed by atoms with Gasteiger partial charge in [0.2, 0.25) is 0 Å². The minimum Gasteiger partial charge on any atom is -0.336 e. The second kappa shape index (κ2) is 9.45. The number of anilines is 2. The molecule has 4 aromatic rings. The first kappa shape index (κ1) is 20.6. The average Bonchev–Trinajstić information content (AvgIpc) is 3.13. The Kier molecular flexibility index (Phi) is 5.13. The van der Waals surface area contributed by atoms with Crippen molar-refractivity contribution in [3.05, 3.63) is 107 Å². The Morgan fingerprint density at radius 3 is 2.00 bits per heavy atom. The molecule has 0 bridgehead atoms. The molecule has 0 N–H and O–H groups in total. The predicted molar refractivity (Wildman–Crippen MR) is 166 cm³/mol. The third-order valence-electron chi connectivity index (χ3n) is 7.90. The molecule has 5 rings (SSSR count). The molecule has 0 amide bonds. The Labute approximate surface area is 237 Å². The second-order valence-corrected chi connectivity index (χ2v) is 12.3. The molecule has 38 heavy (non-hydrogen) atoms. The quantitative estimate of drug-likeness (QED) is 0.260. The Morgan fingerprint density at radius 1 is 0.684 bits per heavy atom. The van der Waals surface area contributed by atoms with Gasteiger partial charge in [0, 0.05) is 29.2 Å². The fourth-order valence-corrected chi connectivity index (χ4v) is 6.02. The highest BCUT2D eigenvalue weighted by atomic mass is 15.2. The molecule has 0 aromatic heterocycles. The molecule has 0 saturated carbocycles. The Morgan fingerprint density at radius 2 is 1.34 bits per heavy atom. The summed E-state index contributed by atoms with van der Waals surface area (Å²) < 4.78 is 43.8. The number of rotatable bonds is 5. The number of benzene rings is 4. The highest BCUT2D eigenvalue weighted by Crippen LogP contribution is 2.53. The van der Waals surface area contributed by atoms with Crippen LogP contribution in [0.15, 0.2) is 84.9 Å². The molecule has 1 unspecified atom stereocenters. The van der Waals surface area contributed by atoms with E-state index in [1.807, 2.05) is 62.4 Å². The Balaban J connectivity index is 1.87. The van der Waals surface area contributed by atoms with E-state index in [0.717, 1.165) is 27.9 Å². The van der Waals surface area contributed by atoms with Crippen molar-refractivity contribution < 1.29 is 6.85 Å². The fourth-order valence-electron chi connectivity index (χ4n) is 6.02. The van der Waals surface area contributed by atoms with Gasteiger partial charge in [0.25, 0.3) is 0 Å². The third kappa shape index (κ3) is 4.37. The molecule has 0 radical (unpaired) electrons. The third-order valence-corrected chi connectivity index (χ3v) is 7.90. The van der Waals surface area contributed by atoms with Crippen LogP contribution in [0.1, 0.15) is 103 Å². The first-order valence-corrected chi connectivity index (χ1v) is 13.6. The number of fused-ring (bicyclic) bond motifs is 3. The molecule has 0 aliphatic heterocycles. The van der Waals surface area contributed by atoms with E-state index in [0.29, 0.717) is 11.3 Å². The van der Waals surface area contributed by atoms with Crippen molar-refractivity contribution in [1.29, 1.82) is 0 Å². The number of hydrogen-bond donors (Lipinski definition) is 0. The average molecular weight is 507 g/mol. The zero-order chi connectivity index (χ0) is 31.8. The van der Waals surface area contributed by atoms with E-state index in [1.54, 1.807) is 0 Å². The van der Waals surface area contributed by atoms with Crippen LogP contribution in [0, 0.1) is 0 Å². The molecule has 0 spiro atoms. The van der Waals surface area contributed by atoms with E-state index >= 15 is 0 Å². The lowest BCUT2D eigenvalue weighted by atomic mass is 9.80. The largest absolute Gasteiger partial charge is 0.336 e. The van der Waals surface area contributed by atoms with Crippen molar-refractivity contribution in [2.45, 2.75) is 85.0 Å². The maximum Gasteiger partial charge on any atom is 0.0457 e. The standard InChI is InChI=1S/C37H43N/c1-24(2)29-21-27(26-15-11-10-12-16-26)19-20-34(29)38(36(5,6)7)35-23-31-28-17-13-14-18-32(28)37(8,9)33(31)22-30(35)25(3)4/h10-25H,1-9H3/i1D3,24D,25D. The summed E-state index contributed by atoms with van der Waals surface area (Å²) in [5.41, 5.74) is 8.65. The maximum absolute atomic E-state index is 9.30. The normalized spacial score (nSPS) is 18.2. The van der Waals surface area contributed by atoms with Crippen LogP contribution in [0.25, 0.3) is 22.3 Å². The van der Waals surface area contributed by atoms with Crippen molar-refractivity contribution in [2.75, 3.05) is 4.90 Å². The van der Waals surface area contributed by atoms with Gasteiger partial charge in [0.15, 0.2) is 0 Å². The fraction of sp³-hybridized carbons (Fsp3) is 0.351. The van der Waals surface area contributed by atoms with Crippen molar-refractivity contribution in [3.8, 4) is 22.3 Å². The SMILES string of the molecule is [2H]C(C)(C)c1cc2c(cc1N(c1ccc(-c3ccccc3)cc1C([2H])(C)C([2H])([2H])[2H])C(C)(C)C)-c1ccccc1C2(C)C. The molecule has 0 heterocycles. The zero-order valence-electron chi connectivity index (χ0n) is 29.0. The summed E-state index contributed by atoms with van der Waals surface area (Å²) in [7, 11) is 0. The molecule has 196 valence electrons. The molecule has 1 aliphatic carbocycles. The van der Waals surface area contributed by atoms with Crippen LogP contribution in [0.3, 0.4) is 0 Å². The van der Waals surface area contributed by atoms with Gasteiger partial charge >= 0.3 is 0 Å². The van der Waals surface area contributed by atoms with Gasteiger partial charge in [-0.15, -0.1) is 0 Å². The van der Waals surface area contributed by atoms with Gasteiger partial charge in [-0.25, -0.2) is 0 Å². The first-order valence-electron chi connectivity index (χ1n) is 16.1. The minimum absolute atomic E-state index is 0.222. The van der Waals surface area contributed by atoms with E-state index < -0.39 is 24.2 Å². The molecule has 1 heteroatoms. The lowest BCUT2D eigenvalue weighted by Gasteiger charge is -2.42. The van der Waals surface area contributed by atoms with Crippen molar-refractivity contribution >= 4 is 11.4 Å². The van der Waals surface area contributed by atoms with Crippen molar-refractivity contribution in [3.63, 3.8) is 0 Å². The summed E-state index contributed by atoms with van der Waals surface area (Å²) in [5.74, 6) is -2.84. The number of nitrogens with zero attached hydrogens (tertiary/aromatic N) is 1. The van der Waals surface area contributed by atoms with Crippen LogP contribution >= 0.6 is 0 Å². The van der Waals surface area contributed by atoms with Crippen molar-refractivity contribution in [1.82, 2.24) is 0 Å². The van der Waals surface area contributed by atoms with Gasteiger partial charge in [0.1, 0.15) is 0 Å². The summed E-state index contributed by atoms with van der Waals surface area (Å²) in [6.45, 7) is 13.5. The van der Waals surface area contributed by atoms with Crippen LogP contribution in [-0.4, -0.2) is 5.54 Å². The molecular weight excluding hydrogens is 458 g/mol. The zero-order valence-corrected chi connectivity index (χ0v) is 24.0. The summed E-state index contributed by atoms with van der Waals surface area (Å²) in [6, 6.07) is 28.6. The van der Waals surface area contributed by atoms with Gasteiger partial charge in [0.05, 0.1) is 0 Å². The van der Waals surface area contributed by atoms with Gasteiger partial charge in [-0.1, -0.05) is 108 Å². The van der Waals surface area contributed by atoms with E-state index in [1.165, 1.54) is 23.6 Å². The van der Waals surface area contributed by atoms with Gasteiger partial charge < -0.3 is 4.90 Å². The number of hydrogen-bond acceptors (Lipinski definition) is 1. The maximum atomic E-state index is 9.30. The van der Waals surface area contributed by atoms with Gasteiger partial charge in [-0.3, -0.25) is 0 Å². The molecule has 4 aromatic carbocycles. The summed E-state index contributed by atoms with van der Waals surface area (Å²) in [6.07, 6.45) is 0. The van der Waals surface area contributed by atoms with Crippen LogP contribution in [-0.2, 0) is 5.41 Å². The van der Waals surface area contributed by atoms with Crippen LogP contribution in [0.4, 0.5) is 11.4 Å². The lowest BCUT2D eigenvalue weighted by molar-refractivity contribution is 0.554. The Bertz CT molecular complexity index is 1670. The Hall–Kier alpha value is -3.32. The van der Waals surface area contributed by atoms with E-state index in [2.05, 4.69) is 75.9 Å². The highest BCUT2D eigenvalue weighted by Gasteiger charge is 2.38. The van der Waals surface area contributed by atoms with Crippen molar-refractivity contribution in [2.24, 2.45) is 0 Å². The van der Waals surface area contributed by atoms with E-state index in [4.69, 9.17) is 4.11 Å².